The van der Waals surface area contributed by atoms with E-state index < -0.39 is 9.05 Å². The summed E-state index contributed by atoms with van der Waals surface area (Å²) in [5, 5.41) is 0. The van der Waals surface area contributed by atoms with Crippen LogP contribution in [0.5, 0.6) is 0 Å². The number of halogens is 1. The second-order valence-electron chi connectivity index (χ2n) is 1.87. The molecule has 0 fully saturated rings. The van der Waals surface area contributed by atoms with Crippen LogP contribution in [-0.2, 0) is 9.05 Å². The summed E-state index contributed by atoms with van der Waals surface area (Å²) in [4.78, 5) is 0. The molecule has 0 bridgehead atoms. The van der Waals surface area contributed by atoms with Crippen molar-refractivity contribution in [2.75, 3.05) is 5.75 Å². The predicted octanol–water partition coefficient (Wildman–Crippen LogP) is 0.292. The Morgan fingerprint density at radius 2 is 2.11 bits per heavy atom. The van der Waals surface area contributed by atoms with Crippen molar-refractivity contribution >= 4 is 19.7 Å². The Bertz CT molecular complexity index is 165. The Labute approximate surface area is 59.6 Å². The summed E-state index contributed by atoms with van der Waals surface area (Å²) in [5.74, 6) is -0.134. The van der Waals surface area contributed by atoms with Gasteiger partial charge in [-0.1, -0.05) is 6.92 Å². The van der Waals surface area contributed by atoms with Crippen LogP contribution < -0.4 is 5.73 Å². The molecule has 0 aromatic carbocycles. The third-order valence-corrected chi connectivity index (χ3v) is 2.14. The summed E-state index contributed by atoms with van der Waals surface area (Å²) < 4.78 is 20.6. The van der Waals surface area contributed by atoms with Crippen LogP contribution in [0.25, 0.3) is 0 Å². The fraction of sp³-hybridized carbons (Fsp3) is 1.00. The van der Waals surface area contributed by atoms with Gasteiger partial charge in [-0.25, -0.2) is 8.42 Å². The number of rotatable bonds is 3. The molecule has 0 rings (SSSR count). The van der Waals surface area contributed by atoms with Gasteiger partial charge in [0, 0.05) is 16.7 Å². The second-order valence-corrected chi connectivity index (χ2v) is 4.70. The molecule has 5 heteroatoms. The molecule has 0 spiro atoms. The Balaban J connectivity index is 3.75. The smallest absolute Gasteiger partial charge is 0.234 e. The molecule has 9 heavy (non-hydrogen) atoms. The van der Waals surface area contributed by atoms with Crippen molar-refractivity contribution in [1.29, 1.82) is 0 Å². The lowest BCUT2D eigenvalue weighted by atomic mass is 10.3. The highest BCUT2D eigenvalue weighted by molar-refractivity contribution is 8.13. The zero-order valence-electron chi connectivity index (χ0n) is 5.17. The highest BCUT2D eigenvalue weighted by Gasteiger charge is 2.09. The Morgan fingerprint density at radius 3 is 2.22 bits per heavy atom. The van der Waals surface area contributed by atoms with Gasteiger partial charge in [-0.15, -0.1) is 0 Å². The predicted molar refractivity (Wildman–Crippen MR) is 37.9 cm³/mol. The SMILES string of the molecule is CC[C@H](N)CS(=O)(=O)Cl. The molecular weight excluding hydrogens is 162 g/mol. The molecule has 0 saturated heterocycles. The van der Waals surface area contributed by atoms with Gasteiger partial charge in [0.05, 0.1) is 5.75 Å². The number of nitrogens with two attached hydrogens (primary N) is 1. The van der Waals surface area contributed by atoms with E-state index in [9.17, 15) is 8.42 Å². The Kier molecular flexibility index (Phi) is 3.46. The van der Waals surface area contributed by atoms with Crippen LogP contribution in [-0.4, -0.2) is 20.2 Å². The van der Waals surface area contributed by atoms with E-state index in [2.05, 4.69) is 0 Å². The first kappa shape index (κ1) is 9.20. The van der Waals surface area contributed by atoms with Crippen molar-refractivity contribution in [3.05, 3.63) is 0 Å². The van der Waals surface area contributed by atoms with Crippen LogP contribution in [0.15, 0.2) is 0 Å². The minimum Gasteiger partial charge on any atom is -0.327 e. The first-order valence-electron chi connectivity index (χ1n) is 2.63. The maximum absolute atomic E-state index is 10.3. The van der Waals surface area contributed by atoms with Gasteiger partial charge < -0.3 is 5.73 Å². The third-order valence-electron chi connectivity index (χ3n) is 0.938. The van der Waals surface area contributed by atoms with Crippen molar-refractivity contribution in [3.63, 3.8) is 0 Å². The molecule has 0 saturated carbocycles. The maximum Gasteiger partial charge on any atom is 0.234 e. The normalized spacial score (nSPS) is 15.4. The molecule has 0 aliphatic rings. The van der Waals surface area contributed by atoms with Gasteiger partial charge in [-0.3, -0.25) is 0 Å². The first-order chi connectivity index (χ1) is 3.95. The average molecular weight is 172 g/mol. The molecule has 0 aromatic rings. The van der Waals surface area contributed by atoms with Gasteiger partial charge >= 0.3 is 0 Å². The summed E-state index contributed by atoms with van der Waals surface area (Å²) in [6.07, 6.45) is 0.631. The molecule has 1 atom stereocenters. The summed E-state index contributed by atoms with van der Waals surface area (Å²) in [6.45, 7) is 1.81. The summed E-state index contributed by atoms with van der Waals surface area (Å²) in [7, 11) is 1.51. The molecule has 56 valence electrons. The van der Waals surface area contributed by atoms with Gasteiger partial charge in [0.25, 0.3) is 0 Å². The van der Waals surface area contributed by atoms with Gasteiger partial charge in [-0.2, -0.15) is 0 Å². The molecule has 0 aliphatic heterocycles. The molecular formula is C4H10ClNO2S. The van der Waals surface area contributed by atoms with Crippen LogP contribution >= 0.6 is 10.7 Å². The highest BCUT2D eigenvalue weighted by Crippen LogP contribution is 1.99. The standard InChI is InChI=1S/C4H10ClNO2S/c1-2-4(6)3-9(5,7)8/h4H,2-3,6H2,1H3/t4-/m0/s1. The highest BCUT2D eigenvalue weighted by atomic mass is 35.7. The lowest BCUT2D eigenvalue weighted by molar-refractivity contribution is 0.597. The van der Waals surface area contributed by atoms with Crippen LogP contribution in [0.1, 0.15) is 13.3 Å². The van der Waals surface area contributed by atoms with Gasteiger partial charge in [0.1, 0.15) is 0 Å². The first-order valence-corrected chi connectivity index (χ1v) is 5.11. The van der Waals surface area contributed by atoms with E-state index in [0.717, 1.165) is 0 Å². The Morgan fingerprint density at radius 1 is 1.67 bits per heavy atom. The van der Waals surface area contributed by atoms with E-state index in [4.69, 9.17) is 16.4 Å². The van der Waals surface area contributed by atoms with E-state index in [1.807, 2.05) is 6.92 Å². The molecule has 0 radical (unpaired) electrons. The van der Waals surface area contributed by atoms with Gasteiger partial charge in [-0.05, 0) is 6.42 Å². The maximum atomic E-state index is 10.3. The van der Waals surface area contributed by atoms with Crippen LogP contribution in [0, 0.1) is 0 Å². The van der Waals surface area contributed by atoms with Gasteiger partial charge in [0.15, 0.2) is 0 Å². The Hall–Kier alpha value is 0.200. The topological polar surface area (TPSA) is 60.2 Å². The van der Waals surface area contributed by atoms with E-state index >= 15 is 0 Å². The van der Waals surface area contributed by atoms with E-state index in [-0.39, 0.29) is 11.8 Å². The zero-order valence-corrected chi connectivity index (χ0v) is 6.74. The fourth-order valence-electron chi connectivity index (χ4n) is 0.374. The van der Waals surface area contributed by atoms with E-state index in [1.54, 1.807) is 0 Å². The molecule has 0 heterocycles. The lowest BCUT2D eigenvalue weighted by Gasteiger charge is -2.02. The summed E-state index contributed by atoms with van der Waals surface area (Å²) in [6, 6.07) is -0.326. The zero-order chi connectivity index (χ0) is 7.49. The lowest BCUT2D eigenvalue weighted by Crippen LogP contribution is -2.26. The minimum absolute atomic E-state index is 0.134. The number of hydrogen-bond acceptors (Lipinski definition) is 3. The van der Waals surface area contributed by atoms with Crippen LogP contribution in [0.2, 0.25) is 0 Å². The molecule has 0 aromatic heterocycles. The van der Waals surface area contributed by atoms with Crippen LogP contribution in [0.3, 0.4) is 0 Å². The molecule has 0 aliphatic carbocycles. The summed E-state index contributed by atoms with van der Waals surface area (Å²) in [5.41, 5.74) is 5.30. The van der Waals surface area contributed by atoms with Crippen molar-refractivity contribution in [2.24, 2.45) is 5.73 Å². The second kappa shape index (κ2) is 3.39. The molecule has 2 N–H and O–H groups in total. The monoisotopic (exact) mass is 171 g/mol. The fourth-order valence-corrected chi connectivity index (χ4v) is 1.61. The van der Waals surface area contributed by atoms with E-state index in [1.165, 1.54) is 0 Å². The molecule has 0 unspecified atom stereocenters. The van der Waals surface area contributed by atoms with E-state index in [0.29, 0.717) is 6.42 Å². The summed E-state index contributed by atoms with van der Waals surface area (Å²) >= 11 is 0. The van der Waals surface area contributed by atoms with Gasteiger partial charge in [0.2, 0.25) is 9.05 Å². The minimum atomic E-state index is -3.39. The van der Waals surface area contributed by atoms with Crippen LogP contribution in [0.4, 0.5) is 0 Å². The molecule has 3 nitrogen and oxygen atoms in total. The largest absolute Gasteiger partial charge is 0.327 e. The average Bonchev–Trinajstić information content (AvgIpc) is 1.62. The molecule has 0 amide bonds. The van der Waals surface area contributed by atoms with Crippen molar-refractivity contribution in [1.82, 2.24) is 0 Å². The number of hydrogen-bond donors (Lipinski definition) is 1. The van der Waals surface area contributed by atoms with Crippen molar-refractivity contribution in [2.45, 2.75) is 19.4 Å². The third kappa shape index (κ3) is 6.08. The van der Waals surface area contributed by atoms with Crippen molar-refractivity contribution in [3.8, 4) is 0 Å². The quantitative estimate of drug-likeness (QED) is 0.622. The van der Waals surface area contributed by atoms with Crippen molar-refractivity contribution < 1.29 is 8.42 Å².